The first-order valence-corrected chi connectivity index (χ1v) is 16.7. The molecular formula is C32H36ClF3N4O7S. The summed E-state index contributed by atoms with van der Waals surface area (Å²) in [6, 6.07) is 8.79. The zero-order valence-electron chi connectivity index (χ0n) is 27.2. The van der Waals surface area contributed by atoms with Crippen LogP contribution in [0.3, 0.4) is 0 Å². The van der Waals surface area contributed by atoms with E-state index in [1.807, 2.05) is 0 Å². The number of methoxy groups -OCH3 is 3. The molecule has 3 heterocycles. The number of nitrogens with zero attached hydrogens (tertiary/aromatic N) is 4. The fourth-order valence-corrected chi connectivity index (χ4v) is 7.89. The summed E-state index contributed by atoms with van der Waals surface area (Å²) in [5, 5.41) is -0.639. The molecule has 2 fully saturated rings. The molecule has 2 aliphatic rings. The molecule has 11 nitrogen and oxygen atoms in total. The largest absolute Gasteiger partial charge is 0.497 e. The minimum absolute atomic E-state index is 0.0903. The zero-order valence-corrected chi connectivity index (χ0v) is 28.8. The monoisotopic (exact) mass is 712 g/mol. The third kappa shape index (κ3) is 6.67. The van der Waals surface area contributed by atoms with Crippen molar-refractivity contribution in [3.05, 3.63) is 70.6 Å². The molecule has 16 heteroatoms. The summed E-state index contributed by atoms with van der Waals surface area (Å²) >= 11 is 6.47. The number of ether oxygens (including phenoxy) is 4. The number of anilines is 2. The average Bonchev–Trinajstić information content (AvgIpc) is 3.56. The number of amides is 1. The molecule has 0 radical (unpaired) electrons. The van der Waals surface area contributed by atoms with Gasteiger partial charge in [-0.25, -0.2) is 31.3 Å². The van der Waals surface area contributed by atoms with Gasteiger partial charge in [-0.05, 0) is 45.0 Å². The summed E-state index contributed by atoms with van der Waals surface area (Å²) in [4.78, 5) is 18.2. The van der Waals surface area contributed by atoms with Gasteiger partial charge in [0.2, 0.25) is 5.95 Å². The number of halogens is 4. The van der Waals surface area contributed by atoms with Crippen molar-refractivity contribution >= 4 is 39.2 Å². The van der Waals surface area contributed by atoms with Gasteiger partial charge in [0.05, 0.1) is 33.0 Å². The van der Waals surface area contributed by atoms with E-state index >= 15 is 8.78 Å². The molecule has 0 aliphatic carbocycles. The maximum atomic E-state index is 16.2. The molecule has 2 saturated heterocycles. The molecule has 5 rings (SSSR count). The molecule has 2 aromatic carbocycles. The van der Waals surface area contributed by atoms with Crippen molar-refractivity contribution in [1.29, 1.82) is 0 Å². The van der Waals surface area contributed by atoms with E-state index in [1.54, 1.807) is 31.7 Å². The van der Waals surface area contributed by atoms with E-state index in [0.29, 0.717) is 10.1 Å². The van der Waals surface area contributed by atoms with Gasteiger partial charge in [0, 0.05) is 50.4 Å². The molecule has 2 atom stereocenters. The topological polar surface area (TPSA) is 111 Å². The normalized spacial score (nSPS) is 19.3. The number of sulfonamides is 1. The minimum atomic E-state index is -5.12. The SMILES string of the molecule is COc1ccc(CN(c2cccc(F)n2)S(=O)(=O)c2c(F)cc(N3C[C@H]4CN(C(=O)OC(C)(C)C)C[C@]4(OC)C3)c(Cl)c2F)c(OC)c1. The number of aromatic nitrogens is 1. The summed E-state index contributed by atoms with van der Waals surface area (Å²) in [5.41, 5.74) is -1.42. The molecule has 3 aromatic rings. The first-order chi connectivity index (χ1) is 22.5. The van der Waals surface area contributed by atoms with E-state index in [4.69, 9.17) is 30.5 Å². The van der Waals surface area contributed by atoms with Gasteiger partial charge in [-0.15, -0.1) is 0 Å². The van der Waals surface area contributed by atoms with Gasteiger partial charge in [0.15, 0.2) is 10.7 Å². The van der Waals surface area contributed by atoms with Gasteiger partial charge in [0.25, 0.3) is 10.0 Å². The number of likely N-dealkylation sites (tertiary alicyclic amines) is 1. The molecule has 1 aromatic heterocycles. The number of hydrogen-bond donors (Lipinski definition) is 0. The Kier molecular flexibility index (Phi) is 9.70. The summed E-state index contributed by atoms with van der Waals surface area (Å²) in [5.74, 6) is -4.06. The van der Waals surface area contributed by atoms with Crippen LogP contribution in [0.1, 0.15) is 26.3 Å². The number of fused-ring (bicyclic) bond motifs is 1. The molecule has 48 heavy (non-hydrogen) atoms. The Morgan fingerprint density at radius 3 is 2.40 bits per heavy atom. The Bertz CT molecular complexity index is 1830. The molecule has 0 spiro atoms. The van der Waals surface area contributed by atoms with Crippen molar-refractivity contribution in [2.75, 3.05) is 56.7 Å². The van der Waals surface area contributed by atoms with E-state index in [0.717, 1.165) is 12.1 Å². The van der Waals surface area contributed by atoms with Crippen LogP contribution in [0.5, 0.6) is 11.5 Å². The van der Waals surface area contributed by atoms with Crippen LogP contribution in [0.4, 0.5) is 29.5 Å². The molecule has 0 N–H and O–H groups in total. The third-order valence-electron chi connectivity index (χ3n) is 8.35. The van der Waals surface area contributed by atoms with E-state index in [2.05, 4.69) is 4.98 Å². The van der Waals surface area contributed by atoms with E-state index in [9.17, 15) is 17.6 Å². The second kappa shape index (κ2) is 13.2. The van der Waals surface area contributed by atoms with Crippen molar-refractivity contribution in [3.63, 3.8) is 0 Å². The van der Waals surface area contributed by atoms with Crippen LogP contribution in [0.15, 0.2) is 47.4 Å². The molecule has 0 saturated carbocycles. The predicted molar refractivity (Wildman–Crippen MR) is 172 cm³/mol. The van der Waals surface area contributed by atoms with Crippen LogP contribution in [0, 0.1) is 23.5 Å². The van der Waals surface area contributed by atoms with Crippen molar-refractivity contribution in [3.8, 4) is 11.5 Å². The van der Waals surface area contributed by atoms with Crippen LogP contribution in [0.2, 0.25) is 5.02 Å². The fraction of sp³-hybridized carbons (Fsp3) is 0.438. The van der Waals surface area contributed by atoms with Crippen LogP contribution < -0.4 is 18.7 Å². The zero-order chi connectivity index (χ0) is 35.2. The third-order valence-corrected chi connectivity index (χ3v) is 10.5. The smallest absolute Gasteiger partial charge is 0.410 e. The number of benzene rings is 2. The highest BCUT2D eigenvalue weighted by Crippen LogP contribution is 2.44. The number of carbonyl (C=O) groups excluding carboxylic acids is 1. The van der Waals surface area contributed by atoms with E-state index < -0.39 is 67.2 Å². The Morgan fingerprint density at radius 2 is 1.79 bits per heavy atom. The predicted octanol–water partition coefficient (Wildman–Crippen LogP) is 5.64. The molecular weight excluding hydrogens is 677 g/mol. The molecule has 1 amide bonds. The summed E-state index contributed by atoms with van der Waals surface area (Å²) in [7, 11) is -0.844. The minimum Gasteiger partial charge on any atom is -0.497 e. The second-order valence-electron chi connectivity index (χ2n) is 12.5. The van der Waals surface area contributed by atoms with Gasteiger partial charge in [-0.1, -0.05) is 17.7 Å². The second-order valence-corrected chi connectivity index (χ2v) is 14.7. The molecule has 0 unspecified atom stereocenters. The van der Waals surface area contributed by atoms with Gasteiger partial charge in [-0.3, -0.25) is 0 Å². The summed E-state index contributed by atoms with van der Waals surface area (Å²) in [6.45, 7) is 5.47. The molecule has 2 aliphatic heterocycles. The Labute approximate surface area is 282 Å². The maximum Gasteiger partial charge on any atom is 0.410 e. The highest BCUT2D eigenvalue weighted by molar-refractivity contribution is 7.92. The first-order valence-electron chi connectivity index (χ1n) is 14.8. The lowest BCUT2D eigenvalue weighted by atomic mass is 9.95. The highest BCUT2D eigenvalue weighted by Gasteiger charge is 2.55. The van der Waals surface area contributed by atoms with Crippen molar-refractivity contribution in [2.45, 2.75) is 43.4 Å². The summed E-state index contributed by atoms with van der Waals surface area (Å²) < 4.78 is 97.2. The van der Waals surface area contributed by atoms with Crippen LogP contribution >= 0.6 is 11.6 Å². The van der Waals surface area contributed by atoms with E-state index in [1.165, 1.54) is 50.5 Å². The van der Waals surface area contributed by atoms with Gasteiger partial charge in [0.1, 0.15) is 39.4 Å². The number of carbonyl (C=O) groups is 1. The lowest BCUT2D eigenvalue weighted by Gasteiger charge is -2.30. The Hall–Kier alpha value is -3.95. The Morgan fingerprint density at radius 1 is 1.06 bits per heavy atom. The van der Waals surface area contributed by atoms with Crippen molar-refractivity contribution in [1.82, 2.24) is 9.88 Å². The standard InChI is InChI=1S/C32H36ClF3N4O7S/c1-31(2,3)47-30(41)39-16-20-15-38(17-32(20,18-39)46-6)23-13-22(34)29(28(36)27(23)33)48(42,43)40(26-9-7-8-25(35)37-26)14-19-10-11-21(44-4)12-24(19)45-5/h7-13,20H,14-18H2,1-6H3/t20-,32+/m0/s1. The first kappa shape index (κ1) is 35.4. The van der Waals surface area contributed by atoms with Crippen LogP contribution in [-0.4, -0.2) is 83.1 Å². The molecule has 0 bridgehead atoms. The summed E-state index contributed by atoms with van der Waals surface area (Å²) in [6.07, 6.45) is -0.505. The lowest BCUT2D eigenvalue weighted by molar-refractivity contribution is -0.0102. The highest BCUT2D eigenvalue weighted by atomic mass is 35.5. The molecule has 260 valence electrons. The number of pyridine rings is 1. The average molecular weight is 713 g/mol. The van der Waals surface area contributed by atoms with Crippen LogP contribution in [-0.2, 0) is 26.0 Å². The van der Waals surface area contributed by atoms with Gasteiger partial charge >= 0.3 is 6.09 Å². The van der Waals surface area contributed by atoms with Gasteiger partial charge < -0.3 is 28.7 Å². The number of hydrogen-bond acceptors (Lipinski definition) is 9. The van der Waals surface area contributed by atoms with Crippen molar-refractivity contribution in [2.24, 2.45) is 5.92 Å². The lowest BCUT2D eigenvalue weighted by Crippen LogP contribution is -2.44. The quantitative estimate of drug-likeness (QED) is 0.206. The van der Waals surface area contributed by atoms with Gasteiger partial charge in [-0.2, -0.15) is 4.39 Å². The number of rotatable bonds is 9. The van der Waals surface area contributed by atoms with E-state index in [-0.39, 0.29) is 49.1 Å². The Balaban J connectivity index is 1.49. The van der Waals surface area contributed by atoms with Crippen LogP contribution in [0.25, 0.3) is 0 Å². The van der Waals surface area contributed by atoms with Crippen molar-refractivity contribution < 1.29 is 45.3 Å². The fourth-order valence-electron chi connectivity index (χ4n) is 6.06. The maximum absolute atomic E-state index is 16.2.